The Balaban J connectivity index is 0.000000878. The van der Waals surface area contributed by atoms with Gasteiger partial charge >= 0.3 is 0 Å². The number of nitriles is 1. The van der Waals surface area contributed by atoms with Crippen molar-refractivity contribution in [1.82, 2.24) is 10.2 Å². The van der Waals surface area contributed by atoms with Crippen LogP contribution in [0.3, 0.4) is 0 Å². The molecule has 2 aliphatic heterocycles. The van der Waals surface area contributed by atoms with Gasteiger partial charge in [-0.1, -0.05) is 6.92 Å². The Morgan fingerprint density at radius 1 is 1.46 bits per heavy atom. The summed E-state index contributed by atoms with van der Waals surface area (Å²) in [5.41, 5.74) is 0.198. The number of ether oxygens (including phenoxy) is 1. The molecule has 0 radical (unpaired) electrons. The van der Waals surface area contributed by atoms with Crippen molar-refractivity contribution in [3.05, 3.63) is 29.6 Å². The SMILES string of the molecule is CC1(C2CC(=O)N(CCOc3ccc(F)c(C#N)c3)C2)CCNCC1.O=CO. The van der Waals surface area contributed by atoms with Gasteiger partial charge in [0.1, 0.15) is 24.2 Å². The van der Waals surface area contributed by atoms with Crippen LogP contribution < -0.4 is 10.1 Å². The van der Waals surface area contributed by atoms with Gasteiger partial charge in [-0.25, -0.2) is 4.39 Å². The van der Waals surface area contributed by atoms with Gasteiger partial charge in [-0.2, -0.15) is 5.26 Å². The van der Waals surface area contributed by atoms with E-state index in [9.17, 15) is 9.18 Å². The van der Waals surface area contributed by atoms with Crippen LogP contribution in [0.25, 0.3) is 0 Å². The summed E-state index contributed by atoms with van der Waals surface area (Å²) in [4.78, 5) is 22.5. The topological polar surface area (TPSA) is 103 Å². The Bertz CT molecular complexity index is 729. The maximum atomic E-state index is 13.3. The van der Waals surface area contributed by atoms with Crippen LogP contribution in [0.4, 0.5) is 4.39 Å². The van der Waals surface area contributed by atoms with Crippen LogP contribution in [-0.4, -0.2) is 55.2 Å². The number of carbonyl (C=O) groups excluding carboxylic acids is 1. The zero-order chi connectivity index (χ0) is 20.6. The van der Waals surface area contributed by atoms with Crippen LogP contribution in [0, 0.1) is 28.5 Å². The number of rotatable bonds is 5. The minimum absolute atomic E-state index is 0.0337. The fourth-order valence-electron chi connectivity index (χ4n) is 3.81. The molecule has 0 aromatic heterocycles. The molecule has 2 N–H and O–H groups in total. The second kappa shape index (κ2) is 10.0. The zero-order valence-electron chi connectivity index (χ0n) is 16.0. The highest BCUT2D eigenvalue weighted by Crippen LogP contribution is 2.41. The van der Waals surface area contributed by atoms with E-state index in [1.165, 1.54) is 18.2 Å². The first-order chi connectivity index (χ1) is 13.4. The van der Waals surface area contributed by atoms with Crippen LogP contribution in [0.15, 0.2) is 18.2 Å². The first-order valence-electron chi connectivity index (χ1n) is 9.32. The van der Waals surface area contributed by atoms with Gasteiger partial charge in [-0.15, -0.1) is 0 Å². The number of carbonyl (C=O) groups is 2. The number of hydrogen-bond acceptors (Lipinski definition) is 5. The predicted octanol–water partition coefficient (Wildman–Crippen LogP) is 2.02. The molecule has 2 saturated heterocycles. The van der Waals surface area contributed by atoms with Crippen molar-refractivity contribution in [3.63, 3.8) is 0 Å². The van der Waals surface area contributed by atoms with E-state index in [-0.39, 0.29) is 23.4 Å². The molecule has 0 spiro atoms. The summed E-state index contributed by atoms with van der Waals surface area (Å²) in [5.74, 6) is 0.484. The maximum Gasteiger partial charge on any atom is 0.290 e. The van der Waals surface area contributed by atoms with E-state index in [1.807, 2.05) is 4.90 Å². The fourth-order valence-corrected chi connectivity index (χ4v) is 3.81. The van der Waals surface area contributed by atoms with Gasteiger partial charge in [0.2, 0.25) is 5.91 Å². The van der Waals surface area contributed by atoms with Crippen molar-refractivity contribution in [2.75, 3.05) is 32.8 Å². The average Bonchev–Trinajstić information content (AvgIpc) is 3.06. The molecule has 152 valence electrons. The maximum absolute atomic E-state index is 13.3. The molecule has 1 unspecified atom stereocenters. The summed E-state index contributed by atoms with van der Waals surface area (Å²) < 4.78 is 18.9. The second-order valence-electron chi connectivity index (χ2n) is 7.35. The van der Waals surface area contributed by atoms with Crippen molar-refractivity contribution in [1.29, 1.82) is 5.26 Å². The molecule has 2 fully saturated rings. The van der Waals surface area contributed by atoms with E-state index in [2.05, 4.69) is 12.2 Å². The molecule has 8 heteroatoms. The second-order valence-corrected chi connectivity index (χ2v) is 7.35. The molecule has 1 aromatic carbocycles. The van der Waals surface area contributed by atoms with Crippen molar-refractivity contribution in [3.8, 4) is 11.8 Å². The first-order valence-corrected chi connectivity index (χ1v) is 9.32. The lowest BCUT2D eigenvalue weighted by atomic mass is 9.70. The summed E-state index contributed by atoms with van der Waals surface area (Å²) in [6, 6.07) is 5.91. The molecular formula is C20H26FN3O4. The summed E-state index contributed by atoms with van der Waals surface area (Å²) in [7, 11) is 0. The number of halogens is 1. The van der Waals surface area contributed by atoms with Gasteiger partial charge in [0.15, 0.2) is 0 Å². The number of nitrogens with zero attached hydrogens (tertiary/aromatic N) is 2. The average molecular weight is 391 g/mol. The number of nitrogens with one attached hydrogen (secondary N) is 1. The van der Waals surface area contributed by atoms with Crippen LogP contribution >= 0.6 is 0 Å². The number of likely N-dealkylation sites (tertiary alicyclic amines) is 1. The number of hydrogen-bond donors (Lipinski definition) is 2. The summed E-state index contributed by atoms with van der Waals surface area (Å²) in [6.07, 6.45) is 2.84. The van der Waals surface area contributed by atoms with E-state index in [0.717, 1.165) is 32.5 Å². The molecule has 1 aromatic rings. The van der Waals surface area contributed by atoms with Crippen molar-refractivity contribution in [2.45, 2.75) is 26.2 Å². The Labute approximate surface area is 164 Å². The summed E-state index contributed by atoms with van der Waals surface area (Å²) >= 11 is 0. The monoisotopic (exact) mass is 391 g/mol. The molecule has 0 saturated carbocycles. The standard InChI is InChI=1S/C19H24FN3O2.CH2O2/c1-19(4-6-22-7-5-19)15-11-18(24)23(13-15)8-9-25-16-2-3-17(20)14(10-16)12-21;2-1-3/h2-3,10,15,22H,4-9,11,13H2,1H3;1H,(H,2,3). The van der Waals surface area contributed by atoms with E-state index >= 15 is 0 Å². The Morgan fingerprint density at radius 3 is 2.79 bits per heavy atom. The molecule has 2 aliphatic rings. The quantitative estimate of drug-likeness (QED) is 0.745. The minimum atomic E-state index is -0.553. The molecule has 0 aliphatic carbocycles. The third-order valence-corrected chi connectivity index (χ3v) is 5.63. The van der Waals surface area contributed by atoms with Gasteiger partial charge in [0.05, 0.1) is 12.1 Å². The molecule has 0 bridgehead atoms. The predicted molar refractivity (Wildman–Crippen MR) is 100 cm³/mol. The minimum Gasteiger partial charge on any atom is -0.492 e. The number of benzene rings is 1. The molecule has 2 heterocycles. The van der Waals surface area contributed by atoms with Gasteiger partial charge in [0, 0.05) is 19.0 Å². The third-order valence-electron chi connectivity index (χ3n) is 5.63. The molecule has 28 heavy (non-hydrogen) atoms. The number of amides is 1. The smallest absolute Gasteiger partial charge is 0.290 e. The molecule has 3 rings (SSSR count). The normalized spacial score (nSPS) is 20.7. The van der Waals surface area contributed by atoms with Crippen LogP contribution in [0.1, 0.15) is 31.7 Å². The summed E-state index contributed by atoms with van der Waals surface area (Å²) in [5, 5.41) is 19.1. The highest BCUT2D eigenvalue weighted by Gasteiger charge is 2.42. The Kier molecular flexibility index (Phi) is 7.76. The first kappa shape index (κ1) is 21.6. The van der Waals surface area contributed by atoms with E-state index in [4.69, 9.17) is 19.9 Å². The largest absolute Gasteiger partial charge is 0.492 e. The molecule has 1 amide bonds. The van der Waals surface area contributed by atoms with E-state index < -0.39 is 5.82 Å². The lowest BCUT2D eigenvalue weighted by Crippen LogP contribution is -2.41. The van der Waals surface area contributed by atoms with Crippen molar-refractivity contribution in [2.24, 2.45) is 11.3 Å². The van der Waals surface area contributed by atoms with Crippen LogP contribution in [0.5, 0.6) is 5.75 Å². The third kappa shape index (κ3) is 5.42. The lowest BCUT2D eigenvalue weighted by molar-refractivity contribution is -0.128. The highest BCUT2D eigenvalue weighted by molar-refractivity contribution is 5.78. The molecule has 7 nitrogen and oxygen atoms in total. The van der Waals surface area contributed by atoms with Gasteiger partial charge < -0.3 is 20.1 Å². The van der Waals surface area contributed by atoms with Crippen LogP contribution in [-0.2, 0) is 9.59 Å². The lowest BCUT2D eigenvalue weighted by Gasteiger charge is -2.39. The number of piperidine rings is 1. The van der Waals surface area contributed by atoms with Gasteiger partial charge in [-0.3, -0.25) is 9.59 Å². The summed E-state index contributed by atoms with van der Waals surface area (Å²) in [6.45, 7) is 5.74. The van der Waals surface area contributed by atoms with Gasteiger partial charge in [0.25, 0.3) is 6.47 Å². The van der Waals surface area contributed by atoms with Crippen molar-refractivity contribution >= 4 is 12.4 Å². The van der Waals surface area contributed by atoms with Crippen LogP contribution in [0.2, 0.25) is 0 Å². The van der Waals surface area contributed by atoms with Crippen molar-refractivity contribution < 1.29 is 23.8 Å². The van der Waals surface area contributed by atoms with E-state index in [1.54, 1.807) is 6.07 Å². The van der Waals surface area contributed by atoms with E-state index in [0.29, 0.717) is 31.2 Å². The molecular weight excluding hydrogens is 365 g/mol. The Morgan fingerprint density at radius 2 is 2.14 bits per heavy atom. The zero-order valence-corrected chi connectivity index (χ0v) is 16.0. The molecule has 1 atom stereocenters. The highest BCUT2D eigenvalue weighted by atomic mass is 19.1. The number of carboxylic acid groups (broad SMARTS) is 1. The fraction of sp³-hybridized carbons (Fsp3) is 0.550. The van der Waals surface area contributed by atoms with Gasteiger partial charge in [-0.05, 0) is 49.4 Å². The Hall–Kier alpha value is -2.66.